The zero-order valence-electron chi connectivity index (χ0n) is 21.6. The summed E-state index contributed by atoms with van der Waals surface area (Å²) in [5.74, 6) is -0.224. The van der Waals surface area contributed by atoms with Gasteiger partial charge in [0.1, 0.15) is 22.9 Å². The highest BCUT2D eigenvalue weighted by Gasteiger charge is 2.30. The molecule has 0 aliphatic carbocycles. The van der Waals surface area contributed by atoms with E-state index in [-0.39, 0.29) is 23.7 Å². The molecule has 38 heavy (non-hydrogen) atoms. The number of likely N-dealkylation sites (tertiary alicyclic amines) is 1. The van der Waals surface area contributed by atoms with Crippen LogP contribution in [0.5, 0.6) is 0 Å². The van der Waals surface area contributed by atoms with Crippen molar-refractivity contribution in [3.05, 3.63) is 66.7 Å². The highest BCUT2D eigenvalue weighted by molar-refractivity contribution is 6.03. The average Bonchev–Trinajstić information content (AvgIpc) is 3.27. The lowest BCUT2D eigenvalue weighted by atomic mass is 9.96. The van der Waals surface area contributed by atoms with Crippen molar-refractivity contribution in [1.29, 1.82) is 0 Å². The third-order valence-corrected chi connectivity index (χ3v) is 6.53. The number of piperidine rings is 1. The molecule has 1 aliphatic rings. The van der Waals surface area contributed by atoms with Gasteiger partial charge in [0.2, 0.25) is 5.91 Å². The monoisotopic (exact) mass is 515 g/mol. The summed E-state index contributed by atoms with van der Waals surface area (Å²) in [6.45, 7) is 6.43. The van der Waals surface area contributed by atoms with E-state index < -0.39 is 5.60 Å². The van der Waals surface area contributed by atoms with Crippen LogP contribution in [0.4, 0.5) is 15.0 Å². The molecule has 4 aromatic rings. The van der Waals surface area contributed by atoms with Crippen LogP contribution in [0.15, 0.2) is 60.9 Å². The standard InChI is InChI=1S/C29H30FN5O3/c1-29(2,3)38-28(37)35-16-12-20(13-17-35)27(36)33-23-9-8-22-24(18-10-14-31-15-11-18)25(34-26(22)32-23)19-4-6-21(30)7-5-19/h4-11,14-15,20H,12-13,16-17H2,1-3H3,(H2,32,33,34,36). The number of pyridine rings is 2. The molecule has 0 saturated carbocycles. The Hall–Kier alpha value is -4.27. The lowest BCUT2D eigenvalue weighted by Crippen LogP contribution is -2.43. The number of H-pyrrole nitrogens is 1. The van der Waals surface area contributed by atoms with Crippen molar-refractivity contribution in [3.8, 4) is 22.4 Å². The molecule has 3 aromatic heterocycles. The Morgan fingerprint density at radius 2 is 1.68 bits per heavy atom. The van der Waals surface area contributed by atoms with Gasteiger partial charge >= 0.3 is 6.09 Å². The number of nitrogens with one attached hydrogen (secondary N) is 2. The molecular formula is C29H30FN5O3. The summed E-state index contributed by atoms with van der Waals surface area (Å²) >= 11 is 0. The van der Waals surface area contributed by atoms with Crippen LogP contribution in [0.2, 0.25) is 0 Å². The van der Waals surface area contributed by atoms with E-state index in [0.717, 1.165) is 27.8 Å². The van der Waals surface area contributed by atoms with Crippen molar-refractivity contribution in [2.75, 3.05) is 18.4 Å². The van der Waals surface area contributed by atoms with E-state index in [9.17, 15) is 14.0 Å². The number of aromatic nitrogens is 3. The fraction of sp³-hybridized carbons (Fsp3) is 0.310. The van der Waals surface area contributed by atoms with E-state index in [1.807, 2.05) is 39.0 Å². The van der Waals surface area contributed by atoms with Crippen LogP contribution in [-0.4, -0.2) is 50.5 Å². The molecule has 196 valence electrons. The van der Waals surface area contributed by atoms with Crippen molar-refractivity contribution >= 4 is 28.9 Å². The lowest BCUT2D eigenvalue weighted by Gasteiger charge is -2.32. The third kappa shape index (κ3) is 5.51. The minimum absolute atomic E-state index is 0.125. The normalized spacial score (nSPS) is 14.5. The van der Waals surface area contributed by atoms with Crippen molar-refractivity contribution in [2.45, 2.75) is 39.2 Å². The molecule has 1 aliphatic heterocycles. The van der Waals surface area contributed by atoms with Gasteiger partial charge in [-0.05, 0) is 93.3 Å². The first-order chi connectivity index (χ1) is 18.2. The van der Waals surface area contributed by atoms with E-state index in [2.05, 4.69) is 20.3 Å². The minimum Gasteiger partial charge on any atom is -0.444 e. The molecule has 0 bridgehead atoms. The second kappa shape index (κ2) is 10.2. The molecule has 2 N–H and O–H groups in total. The van der Waals surface area contributed by atoms with Crippen molar-refractivity contribution in [2.24, 2.45) is 5.92 Å². The van der Waals surface area contributed by atoms with Gasteiger partial charge in [-0.3, -0.25) is 9.78 Å². The average molecular weight is 516 g/mol. The number of rotatable bonds is 4. The molecule has 0 spiro atoms. The maximum atomic E-state index is 13.6. The molecule has 1 aromatic carbocycles. The summed E-state index contributed by atoms with van der Waals surface area (Å²) in [6.07, 6.45) is 4.20. The smallest absolute Gasteiger partial charge is 0.410 e. The van der Waals surface area contributed by atoms with Gasteiger partial charge in [-0.15, -0.1) is 0 Å². The first-order valence-corrected chi connectivity index (χ1v) is 12.7. The molecule has 2 amide bonds. The number of carbonyl (C=O) groups excluding carboxylic acids is 2. The number of anilines is 1. The number of amides is 2. The Labute approximate surface area is 220 Å². The second-order valence-corrected chi connectivity index (χ2v) is 10.4. The zero-order chi connectivity index (χ0) is 26.9. The maximum Gasteiger partial charge on any atom is 0.410 e. The van der Waals surface area contributed by atoms with E-state index in [4.69, 9.17) is 4.74 Å². The van der Waals surface area contributed by atoms with Crippen LogP contribution in [0.3, 0.4) is 0 Å². The summed E-state index contributed by atoms with van der Waals surface area (Å²) in [7, 11) is 0. The Balaban J connectivity index is 1.35. The van der Waals surface area contributed by atoms with Crippen molar-refractivity contribution in [3.63, 3.8) is 0 Å². The number of nitrogens with zero attached hydrogens (tertiary/aromatic N) is 3. The van der Waals surface area contributed by atoms with Crippen LogP contribution in [0.1, 0.15) is 33.6 Å². The van der Waals surface area contributed by atoms with Crippen LogP contribution >= 0.6 is 0 Å². The molecule has 5 rings (SSSR count). The van der Waals surface area contributed by atoms with Gasteiger partial charge < -0.3 is 19.9 Å². The summed E-state index contributed by atoms with van der Waals surface area (Å²) < 4.78 is 19.0. The van der Waals surface area contributed by atoms with Crippen LogP contribution < -0.4 is 5.32 Å². The summed E-state index contributed by atoms with van der Waals surface area (Å²) in [5.41, 5.74) is 3.54. The molecule has 1 saturated heterocycles. The van der Waals surface area contributed by atoms with Gasteiger partial charge in [-0.1, -0.05) is 0 Å². The lowest BCUT2D eigenvalue weighted by molar-refractivity contribution is -0.121. The minimum atomic E-state index is -0.554. The highest BCUT2D eigenvalue weighted by atomic mass is 19.1. The number of benzene rings is 1. The van der Waals surface area contributed by atoms with Gasteiger partial charge in [0, 0.05) is 42.4 Å². The van der Waals surface area contributed by atoms with Gasteiger partial charge in [0.05, 0.1) is 5.69 Å². The third-order valence-electron chi connectivity index (χ3n) is 6.53. The molecule has 1 fully saturated rings. The van der Waals surface area contributed by atoms with Crippen molar-refractivity contribution in [1.82, 2.24) is 19.9 Å². The summed E-state index contributed by atoms with van der Waals surface area (Å²) in [5, 5.41) is 3.81. The van der Waals surface area contributed by atoms with E-state index in [1.54, 1.807) is 35.5 Å². The number of hydrogen-bond donors (Lipinski definition) is 2. The molecular weight excluding hydrogens is 485 g/mol. The largest absolute Gasteiger partial charge is 0.444 e. The molecule has 4 heterocycles. The van der Waals surface area contributed by atoms with E-state index in [1.165, 1.54) is 12.1 Å². The number of aromatic amines is 1. The topological polar surface area (TPSA) is 100 Å². The number of fused-ring (bicyclic) bond motifs is 1. The number of ether oxygens (including phenoxy) is 1. The molecule has 0 atom stereocenters. The Morgan fingerprint density at radius 1 is 1.00 bits per heavy atom. The quantitative estimate of drug-likeness (QED) is 0.346. The first-order valence-electron chi connectivity index (χ1n) is 12.7. The molecule has 0 radical (unpaired) electrons. The predicted octanol–water partition coefficient (Wildman–Crippen LogP) is 6.02. The summed E-state index contributed by atoms with van der Waals surface area (Å²) in [4.78, 5) is 39.2. The van der Waals surface area contributed by atoms with Crippen LogP contribution in [0.25, 0.3) is 33.4 Å². The Kier molecular flexibility index (Phi) is 6.84. The van der Waals surface area contributed by atoms with Gasteiger partial charge in [-0.25, -0.2) is 14.2 Å². The number of hydrogen-bond acceptors (Lipinski definition) is 5. The molecule has 8 nitrogen and oxygen atoms in total. The fourth-order valence-corrected chi connectivity index (χ4v) is 4.67. The zero-order valence-corrected chi connectivity index (χ0v) is 21.6. The number of carbonyl (C=O) groups is 2. The molecule has 9 heteroatoms. The fourth-order valence-electron chi connectivity index (χ4n) is 4.67. The highest BCUT2D eigenvalue weighted by Crippen LogP contribution is 2.38. The SMILES string of the molecule is CC(C)(C)OC(=O)N1CCC(C(=O)Nc2ccc3c(-c4ccncc4)c(-c4ccc(F)cc4)[nH]c3n2)CC1. The first kappa shape index (κ1) is 25.4. The number of halogens is 1. The Morgan fingerprint density at radius 3 is 2.34 bits per heavy atom. The maximum absolute atomic E-state index is 13.6. The summed E-state index contributed by atoms with van der Waals surface area (Å²) in [6, 6.07) is 13.8. The van der Waals surface area contributed by atoms with Crippen LogP contribution in [0, 0.1) is 11.7 Å². The van der Waals surface area contributed by atoms with Gasteiger partial charge in [0.25, 0.3) is 0 Å². The van der Waals surface area contributed by atoms with Crippen molar-refractivity contribution < 1.29 is 18.7 Å². The predicted molar refractivity (Wildman–Crippen MR) is 144 cm³/mol. The Bertz CT molecular complexity index is 1450. The molecule has 0 unspecified atom stereocenters. The van der Waals surface area contributed by atoms with Gasteiger partial charge in [0.15, 0.2) is 0 Å². The van der Waals surface area contributed by atoms with Gasteiger partial charge in [-0.2, -0.15) is 0 Å². The van der Waals surface area contributed by atoms with E-state index in [0.29, 0.717) is 37.4 Å². The van der Waals surface area contributed by atoms with E-state index >= 15 is 0 Å². The second-order valence-electron chi connectivity index (χ2n) is 10.4. The van der Waals surface area contributed by atoms with Crippen LogP contribution in [-0.2, 0) is 9.53 Å².